The lowest BCUT2D eigenvalue weighted by Crippen LogP contribution is -2.47. The number of alkyl halides is 3. The number of pyridine rings is 1. The van der Waals surface area contributed by atoms with Gasteiger partial charge in [0.25, 0.3) is 5.91 Å². The van der Waals surface area contributed by atoms with Crippen molar-refractivity contribution in [2.45, 2.75) is 19.6 Å². The zero-order chi connectivity index (χ0) is 24.6. The van der Waals surface area contributed by atoms with Crippen LogP contribution < -0.4 is 5.32 Å². The molecule has 3 aromatic rings. The number of fused-ring (bicyclic) bond motifs is 1. The SMILES string of the molecule is CC(=O)N1CCN(Cc2c(C(F)(F)F)nc3c(NC(=O)c4c(Cl)cccc4Cl)cccn23)CC1. The maximum Gasteiger partial charge on any atom is 0.435 e. The zero-order valence-electron chi connectivity index (χ0n) is 18.0. The Bertz CT molecular complexity index is 1230. The lowest BCUT2D eigenvalue weighted by atomic mass is 10.2. The van der Waals surface area contributed by atoms with Gasteiger partial charge in [0.1, 0.15) is 0 Å². The van der Waals surface area contributed by atoms with E-state index in [0.717, 1.165) is 0 Å². The minimum Gasteiger partial charge on any atom is -0.340 e. The predicted molar refractivity (Wildman–Crippen MR) is 122 cm³/mol. The number of amides is 2. The van der Waals surface area contributed by atoms with Crippen molar-refractivity contribution < 1.29 is 22.8 Å². The molecule has 0 bridgehead atoms. The molecule has 2 aromatic heterocycles. The monoisotopic (exact) mass is 513 g/mol. The molecule has 1 N–H and O–H groups in total. The summed E-state index contributed by atoms with van der Waals surface area (Å²) in [6.45, 7) is 3.20. The molecule has 0 unspecified atom stereocenters. The smallest absolute Gasteiger partial charge is 0.340 e. The summed E-state index contributed by atoms with van der Waals surface area (Å²) in [6.07, 6.45) is -3.23. The Morgan fingerprint density at radius 3 is 2.29 bits per heavy atom. The first-order valence-corrected chi connectivity index (χ1v) is 11.1. The number of hydrogen-bond acceptors (Lipinski definition) is 4. The van der Waals surface area contributed by atoms with E-state index in [4.69, 9.17) is 23.2 Å². The van der Waals surface area contributed by atoms with Crippen molar-refractivity contribution in [2.75, 3.05) is 31.5 Å². The van der Waals surface area contributed by atoms with Gasteiger partial charge in [-0.05, 0) is 24.3 Å². The zero-order valence-corrected chi connectivity index (χ0v) is 19.5. The summed E-state index contributed by atoms with van der Waals surface area (Å²) in [5.74, 6) is -0.730. The van der Waals surface area contributed by atoms with E-state index >= 15 is 0 Å². The molecule has 1 aromatic carbocycles. The van der Waals surface area contributed by atoms with E-state index in [0.29, 0.717) is 26.2 Å². The van der Waals surface area contributed by atoms with E-state index in [1.165, 1.54) is 41.8 Å². The second-order valence-electron chi connectivity index (χ2n) is 7.85. The number of rotatable bonds is 4. The predicted octanol–water partition coefficient (Wildman–Crippen LogP) is 4.58. The molecule has 0 atom stereocenters. The first kappa shape index (κ1) is 24.3. The van der Waals surface area contributed by atoms with Crippen molar-refractivity contribution >= 4 is 46.4 Å². The van der Waals surface area contributed by atoms with E-state index in [-0.39, 0.29) is 45.1 Å². The van der Waals surface area contributed by atoms with Crippen LogP contribution in [0.15, 0.2) is 36.5 Å². The fourth-order valence-electron chi connectivity index (χ4n) is 3.92. The number of benzene rings is 1. The van der Waals surface area contributed by atoms with Crippen LogP contribution in [-0.2, 0) is 17.5 Å². The van der Waals surface area contributed by atoms with Gasteiger partial charge in [-0.15, -0.1) is 0 Å². The Labute approximate surface area is 203 Å². The van der Waals surface area contributed by atoms with Crippen molar-refractivity contribution in [3.8, 4) is 0 Å². The third-order valence-corrected chi connectivity index (χ3v) is 6.28. The highest BCUT2D eigenvalue weighted by Gasteiger charge is 2.39. The van der Waals surface area contributed by atoms with Crippen LogP contribution in [0.4, 0.5) is 18.9 Å². The number of carbonyl (C=O) groups is 2. The molecule has 1 fully saturated rings. The Kier molecular flexibility index (Phi) is 6.75. The second-order valence-corrected chi connectivity index (χ2v) is 8.67. The summed E-state index contributed by atoms with van der Waals surface area (Å²) in [5.41, 5.74) is -1.03. The molecule has 1 aliphatic heterocycles. The second kappa shape index (κ2) is 9.44. The maximum atomic E-state index is 13.9. The number of piperazine rings is 1. The highest BCUT2D eigenvalue weighted by Crippen LogP contribution is 2.34. The molecular weight excluding hydrogens is 494 g/mol. The molecule has 0 saturated carbocycles. The van der Waals surface area contributed by atoms with Crippen LogP contribution in [0.5, 0.6) is 0 Å². The van der Waals surface area contributed by atoms with Crippen LogP contribution in [0.2, 0.25) is 10.0 Å². The molecule has 0 spiro atoms. The summed E-state index contributed by atoms with van der Waals surface area (Å²) in [5, 5.41) is 2.81. The van der Waals surface area contributed by atoms with Gasteiger partial charge in [0.05, 0.1) is 27.0 Å². The minimum absolute atomic E-state index is 0.0130. The molecule has 2 amide bonds. The van der Waals surface area contributed by atoms with Crippen LogP contribution in [0, 0.1) is 0 Å². The van der Waals surface area contributed by atoms with E-state index < -0.39 is 17.8 Å². The summed E-state index contributed by atoms with van der Waals surface area (Å²) in [6, 6.07) is 7.54. The third-order valence-electron chi connectivity index (χ3n) is 5.65. The van der Waals surface area contributed by atoms with E-state index in [1.807, 2.05) is 4.90 Å². The first-order chi connectivity index (χ1) is 16.1. The van der Waals surface area contributed by atoms with Gasteiger partial charge < -0.3 is 14.6 Å². The average molecular weight is 514 g/mol. The number of aromatic nitrogens is 2. The molecule has 1 saturated heterocycles. The molecule has 4 rings (SSSR count). The maximum absolute atomic E-state index is 13.9. The van der Waals surface area contributed by atoms with Crippen LogP contribution in [-0.4, -0.2) is 57.2 Å². The lowest BCUT2D eigenvalue weighted by Gasteiger charge is -2.34. The summed E-state index contributed by atoms with van der Waals surface area (Å²) >= 11 is 12.2. The Balaban J connectivity index is 1.68. The molecule has 180 valence electrons. The van der Waals surface area contributed by atoms with Crippen LogP contribution >= 0.6 is 23.2 Å². The van der Waals surface area contributed by atoms with Crippen LogP contribution in [0.3, 0.4) is 0 Å². The molecule has 34 heavy (non-hydrogen) atoms. The molecule has 12 heteroatoms. The van der Waals surface area contributed by atoms with Crippen molar-refractivity contribution in [2.24, 2.45) is 0 Å². The number of imidazole rings is 1. The standard InChI is InChI=1S/C22H20Cl2F3N5O2/c1-13(33)31-10-8-30(9-11-31)12-17-19(22(25,26)27)29-20-16(6-3-7-32(17)20)28-21(34)18-14(23)4-2-5-15(18)24/h2-7H,8-12H2,1H3,(H,28,34). The first-order valence-electron chi connectivity index (χ1n) is 10.4. The number of hydrogen-bond donors (Lipinski definition) is 1. The largest absolute Gasteiger partial charge is 0.435 e. The minimum atomic E-state index is -4.70. The highest BCUT2D eigenvalue weighted by molar-refractivity contribution is 6.40. The molecule has 7 nitrogen and oxygen atoms in total. The quantitative estimate of drug-likeness (QED) is 0.554. The molecule has 0 radical (unpaired) electrons. The molecule has 3 heterocycles. The average Bonchev–Trinajstić information content (AvgIpc) is 3.14. The van der Waals surface area contributed by atoms with Crippen LogP contribution in [0.1, 0.15) is 28.7 Å². The number of nitrogens with one attached hydrogen (secondary N) is 1. The number of carbonyl (C=O) groups excluding carboxylic acids is 2. The Hall–Kier alpha value is -2.82. The number of halogens is 5. The van der Waals surface area contributed by atoms with Gasteiger partial charge in [-0.25, -0.2) is 4.98 Å². The summed E-state index contributed by atoms with van der Waals surface area (Å²) in [4.78, 5) is 31.7. The summed E-state index contributed by atoms with van der Waals surface area (Å²) in [7, 11) is 0. The van der Waals surface area contributed by atoms with E-state index in [2.05, 4.69) is 10.3 Å². The molecule has 0 aliphatic carbocycles. The van der Waals surface area contributed by atoms with Crippen molar-refractivity contribution in [3.63, 3.8) is 0 Å². The molecule has 1 aliphatic rings. The summed E-state index contributed by atoms with van der Waals surface area (Å²) < 4.78 is 43.0. The number of nitrogens with zero attached hydrogens (tertiary/aromatic N) is 4. The van der Waals surface area contributed by atoms with E-state index in [9.17, 15) is 22.8 Å². The number of anilines is 1. The Morgan fingerprint density at radius 2 is 1.71 bits per heavy atom. The van der Waals surface area contributed by atoms with Gasteiger partial charge in [0.15, 0.2) is 11.3 Å². The van der Waals surface area contributed by atoms with E-state index in [1.54, 1.807) is 11.0 Å². The van der Waals surface area contributed by atoms with Gasteiger partial charge in [-0.3, -0.25) is 14.5 Å². The van der Waals surface area contributed by atoms with Crippen molar-refractivity contribution in [1.82, 2.24) is 19.2 Å². The van der Waals surface area contributed by atoms with Crippen molar-refractivity contribution in [1.29, 1.82) is 0 Å². The lowest BCUT2D eigenvalue weighted by molar-refractivity contribution is -0.141. The van der Waals surface area contributed by atoms with Gasteiger partial charge in [0.2, 0.25) is 5.91 Å². The van der Waals surface area contributed by atoms with Gasteiger partial charge in [0, 0.05) is 45.8 Å². The van der Waals surface area contributed by atoms with Crippen LogP contribution in [0.25, 0.3) is 5.65 Å². The van der Waals surface area contributed by atoms with Gasteiger partial charge in [-0.1, -0.05) is 29.3 Å². The Morgan fingerprint density at radius 1 is 1.06 bits per heavy atom. The van der Waals surface area contributed by atoms with Gasteiger partial charge >= 0.3 is 6.18 Å². The molecular formula is C22H20Cl2F3N5O2. The fourth-order valence-corrected chi connectivity index (χ4v) is 4.49. The third kappa shape index (κ3) is 4.84. The van der Waals surface area contributed by atoms with Gasteiger partial charge in [-0.2, -0.15) is 13.2 Å². The van der Waals surface area contributed by atoms with Crippen molar-refractivity contribution in [3.05, 3.63) is 63.5 Å². The topological polar surface area (TPSA) is 70.0 Å². The highest BCUT2D eigenvalue weighted by atomic mass is 35.5. The normalized spacial score (nSPS) is 15.1. The fraction of sp³-hybridized carbons (Fsp3) is 0.318.